The van der Waals surface area contributed by atoms with Crippen molar-refractivity contribution in [2.45, 2.75) is 44.4 Å². The normalized spacial score (nSPS) is 34.0. The van der Waals surface area contributed by atoms with E-state index in [9.17, 15) is 9.90 Å². The number of amides is 1. The number of aliphatic hydroxyl groups excluding tert-OH is 1. The van der Waals surface area contributed by atoms with Crippen molar-refractivity contribution in [1.29, 1.82) is 0 Å². The predicted molar refractivity (Wildman–Crippen MR) is 52.8 cm³/mol. The lowest BCUT2D eigenvalue weighted by atomic mass is 10.1. The highest BCUT2D eigenvalue weighted by Crippen LogP contribution is 2.20. The zero-order valence-electron chi connectivity index (χ0n) is 8.57. The number of hydrogen-bond acceptors (Lipinski definition) is 3. The van der Waals surface area contributed by atoms with E-state index in [4.69, 9.17) is 0 Å². The summed E-state index contributed by atoms with van der Waals surface area (Å²) in [5.74, 6) is -0.126. The zero-order chi connectivity index (χ0) is 10.1. The summed E-state index contributed by atoms with van der Waals surface area (Å²) in [4.78, 5) is 13.4. The van der Waals surface area contributed by atoms with Gasteiger partial charge in [0.1, 0.15) is 6.10 Å². The summed E-state index contributed by atoms with van der Waals surface area (Å²) >= 11 is 0. The maximum Gasteiger partial charge on any atom is 0.251 e. The minimum Gasteiger partial charge on any atom is -0.384 e. The van der Waals surface area contributed by atoms with Gasteiger partial charge in [-0.1, -0.05) is 0 Å². The van der Waals surface area contributed by atoms with Crippen molar-refractivity contribution in [2.24, 2.45) is 0 Å². The van der Waals surface area contributed by atoms with Crippen LogP contribution in [-0.4, -0.2) is 47.2 Å². The van der Waals surface area contributed by atoms with Crippen molar-refractivity contribution in [3.05, 3.63) is 0 Å². The van der Waals surface area contributed by atoms with E-state index in [1.165, 1.54) is 6.42 Å². The maximum atomic E-state index is 11.6. The fraction of sp³-hybridized carbons (Fsp3) is 0.900. The topological polar surface area (TPSA) is 52.6 Å². The first-order chi connectivity index (χ1) is 6.66. The minimum atomic E-state index is -0.855. The molecule has 2 fully saturated rings. The molecule has 2 saturated heterocycles. The lowest BCUT2D eigenvalue weighted by molar-refractivity contribution is -0.139. The Labute approximate surface area is 84.3 Å². The van der Waals surface area contributed by atoms with Crippen molar-refractivity contribution in [3.8, 4) is 0 Å². The number of nitrogens with zero attached hydrogens (tertiary/aromatic N) is 1. The molecule has 2 aliphatic heterocycles. The first kappa shape index (κ1) is 9.93. The Morgan fingerprint density at radius 1 is 1.43 bits per heavy atom. The number of carbonyl (C=O) groups is 1. The lowest BCUT2D eigenvalue weighted by Crippen LogP contribution is -2.43. The molecule has 4 heteroatoms. The van der Waals surface area contributed by atoms with Gasteiger partial charge in [-0.3, -0.25) is 4.79 Å². The van der Waals surface area contributed by atoms with Crippen LogP contribution in [0.4, 0.5) is 0 Å². The van der Waals surface area contributed by atoms with Crippen LogP contribution < -0.4 is 5.32 Å². The van der Waals surface area contributed by atoms with Crippen LogP contribution in [0.3, 0.4) is 0 Å². The van der Waals surface area contributed by atoms with E-state index in [2.05, 4.69) is 5.32 Å². The van der Waals surface area contributed by atoms with Crippen LogP contribution in [0, 0.1) is 0 Å². The summed E-state index contributed by atoms with van der Waals surface area (Å²) in [6.45, 7) is 3.09. The molecule has 0 aromatic carbocycles. The Morgan fingerprint density at radius 2 is 2.14 bits per heavy atom. The summed E-state index contributed by atoms with van der Waals surface area (Å²) in [6, 6.07) is 1.04. The van der Waals surface area contributed by atoms with E-state index >= 15 is 0 Å². The van der Waals surface area contributed by atoms with E-state index in [1.807, 2.05) is 0 Å². The number of rotatable bonds is 1. The second kappa shape index (κ2) is 3.87. The van der Waals surface area contributed by atoms with E-state index in [0.717, 1.165) is 25.9 Å². The summed E-state index contributed by atoms with van der Waals surface area (Å²) in [6.07, 6.45) is 2.57. The van der Waals surface area contributed by atoms with Crippen molar-refractivity contribution < 1.29 is 9.90 Å². The molecule has 4 nitrogen and oxygen atoms in total. The van der Waals surface area contributed by atoms with Gasteiger partial charge in [-0.15, -0.1) is 0 Å². The molecule has 14 heavy (non-hydrogen) atoms. The van der Waals surface area contributed by atoms with E-state index in [0.29, 0.717) is 12.1 Å². The van der Waals surface area contributed by atoms with Crippen LogP contribution in [0.5, 0.6) is 0 Å². The Kier molecular flexibility index (Phi) is 2.74. The van der Waals surface area contributed by atoms with Gasteiger partial charge < -0.3 is 15.3 Å². The third-order valence-corrected chi connectivity index (χ3v) is 3.19. The molecule has 0 radical (unpaired) electrons. The van der Waals surface area contributed by atoms with Crippen molar-refractivity contribution in [1.82, 2.24) is 10.2 Å². The Morgan fingerprint density at radius 3 is 2.86 bits per heavy atom. The summed E-state index contributed by atoms with van der Waals surface area (Å²) in [5.41, 5.74) is 0. The monoisotopic (exact) mass is 198 g/mol. The summed E-state index contributed by atoms with van der Waals surface area (Å²) in [5, 5.41) is 12.7. The van der Waals surface area contributed by atoms with E-state index < -0.39 is 6.10 Å². The second-order valence-electron chi connectivity index (χ2n) is 4.39. The molecule has 2 unspecified atom stereocenters. The highest BCUT2D eigenvalue weighted by molar-refractivity contribution is 5.80. The highest BCUT2D eigenvalue weighted by Gasteiger charge is 2.31. The van der Waals surface area contributed by atoms with Crippen molar-refractivity contribution in [2.75, 3.05) is 13.1 Å². The summed E-state index contributed by atoms with van der Waals surface area (Å²) < 4.78 is 0. The Hall–Kier alpha value is -0.610. The quantitative estimate of drug-likeness (QED) is 0.609. The van der Waals surface area contributed by atoms with Gasteiger partial charge in [0.2, 0.25) is 0 Å². The van der Waals surface area contributed by atoms with Gasteiger partial charge in [-0.25, -0.2) is 0 Å². The van der Waals surface area contributed by atoms with Crippen LogP contribution in [0.2, 0.25) is 0 Å². The predicted octanol–water partition coefficient (Wildman–Crippen LogP) is -0.280. The number of carbonyl (C=O) groups excluding carboxylic acids is 1. The molecular formula is C10H18N2O2. The molecule has 2 N–H and O–H groups in total. The third-order valence-electron chi connectivity index (χ3n) is 3.19. The number of nitrogens with one attached hydrogen (secondary N) is 1. The maximum absolute atomic E-state index is 11.6. The van der Waals surface area contributed by atoms with Gasteiger partial charge in [0.15, 0.2) is 0 Å². The first-order valence-corrected chi connectivity index (χ1v) is 5.39. The fourth-order valence-electron chi connectivity index (χ4n) is 2.41. The number of fused-ring (bicyclic) bond motifs is 2. The average molecular weight is 198 g/mol. The third kappa shape index (κ3) is 1.91. The molecule has 3 atom stereocenters. The molecular weight excluding hydrogens is 180 g/mol. The largest absolute Gasteiger partial charge is 0.384 e. The van der Waals surface area contributed by atoms with Crippen LogP contribution in [0.15, 0.2) is 0 Å². The average Bonchev–Trinajstić information content (AvgIpc) is 2.45. The highest BCUT2D eigenvalue weighted by atomic mass is 16.3. The molecule has 2 bridgehead atoms. The van der Waals surface area contributed by atoms with E-state index in [-0.39, 0.29) is 5.91 Å². The molecule has 2 aliphatic rings. The van der Waals surface area contributed by atoms with Crippen LogP contribution in [-0.2, 0) is 4.79 Å². The molecule has 0 aliphatic carbocycles. The van der Waals surface area contributed by atoms with Gasteiger partial charge >= 0.3 is 0 Å². The number of likely N-dealkylation sites (tertiary alicyclic amines) is 1. The Balaban J connectivity index is 1.98. The smallest absolute Gasteiger partial charge is 0.251 e. The van der Waals surface area contributed by atoms with Crippen molar-refractivity contribution >= 4 is 5.91 Å². The van der Waals surface area contributed by atoms with Gasteiger partial charge in [0.05, 0.1) is 0 Å². The Bertz CT molecular complexity index is 230. The number of aliphatic hydroxyl groups is 1. The molecule has 0 aromatic heterocycles. The number of hydrogen-bond donors (Lipinski definition) is 2. The zero-order valence-corrected chi connectivity index (χ0v) is 8.57. The van der Waals surface area contributed by atoms with Gasteiger partial charge in [-0.05, 0) is 26.2 Å². The SMILES string of the molecule is C[C@@H](O)C(=O)N1CCC2CCC(C1)N2. The molecule has 2 heterocycles. The molecule has 80 valence electrons. The first-order valence-electron chi connectivity index (χ1n) is 5.39. The van der Waals surface area contributed by atoms with Crippen LogP contribution in [0.1, 0.15) is 26.2 Å². The van der Waals surface area contributed by atoms with Gasteiger partial charge in [0, 0.05) is 25.2 Å². The lowest BCUT2D eigenvalue weighted by Gasteiger charge is -2.25. The van der Waals surface area contributed by atoms with Crippen molar-refractivity contribution in [3.63, 3.8) is 0 Å². The molecule has 0 saturated carbocycles. The molecule has 2 rings (SSSR count). The van der Waals surface area contributed by atoms with Gasteiger partial charge in [0.25, 0.3) is 5.91 Å². The molecule has 0 spiro atoms. The molecule has 0 aromatic rings. The standard InChI is InChI=1S/C10H18N2O2/c1-7(13)10(14)12-5-4-8-2-3-9(6-12)11-8/h7-9,11,13H,2-6H2,1H3/t7-,8?,9?/m1/s1. The second-order valence-corrected chi connectivity index (χ2v) is 4.39. The minimum absolute atomic E-state index is 0.126. The summed E-state index contributed by atoms with van der Waals surface area (Å²) in [7, 11) is 0. The van der Waals surface area contributed by atoms with Crippen LogP contribution >= 0.6 is 0 Å². The van der Waals surface area contributed by atoms with Crippen LogP contribution in [0.25, 0.3) is 0 Å². The van der Waals surface area contributed by atoms with Gasteiger partial charge in [-0.2, -0.15) is 0 Å². The molecule has 1 amide bonds. The van der Waals surface area contributed by atoms with E-state index in [1.54, 1.807) is 11.8 Å². The fourth-order valence-corrected chi connectivity index (χ4v) is 2.41.